The van der Waals surface area contributed by atoms with E-state index in [2.05, 4.69) is 10.6 Å². The van der Waals surface area contributed by atoms with Gasteiger partial charge in [-0.25, -0.2) is 0 Å². The van der Waals surface area contributed by atoms with Crippen LogP contribution in [-0.4, -0.2) is 41.3 Å². The summed E-state index contributed by atoms with van der Waals surface area (Å²) in [4.78, 5) is 23.0. The molecule has 2 aromatic carbocycles. The summed E-state index contributed by atoms with van der Waals surface area (Å²) in [6, 6.07) is 15.0. The minimum atomic E-state index is -1.14. The highest BCUT2D eigenvalue weighted by molar-refractivity contribution is 5.94. The van der Waals surface area contributed by atoms with Crippen LogP contribution in [0.2, 0.25) is 0 Å². The van der Waals surface area contributed by atoms with Crippen LogP contribution in [0.1, 0.15) is 6.42 Å². The van der Waals surface area contributed by atoms with Gasteiger partial charge in [0.2, 0.25) is 5.91 Å². The molecule has 0 aliphatic rings. The molecule has 0 fully saturated rings. The molecule has 0 aliphatic carbocycles. The molecule has 25 heavy (non-hydrogen) atoms. The van der Waals surface area contributed by atoms with E-state index in [0.29, 0.717) is 17.2 Å². The average Bonchev–Trinajstić information content (AvgIpc) is 2.61. The van der Waals surface area contributed by atoms with Crippen LogP contribution < -0.4 is 15.4 Å². The lowest BCUT2D eigenvalue weighted by atomic mass is 10.2. The minimum absolute atomic E-state index is 0.107. The van der Waals surface area contributed by atoms with Crippen molar-refractivity contribution in [1.82, 2.24) is 5.32 Å². The van der Waals surface area contributed by atoms with E-state index in [4.69, 9.17) is 14.9 Å². The summed E-state index contributed by atoms with van der Waals surface area (Å²) in [6.45, 7) is -0.0932. The topological polar surface area (TPSA) is 108 Å². The number of aliphatic carboxylic acids is 1. The van der Waals surface area contributed by atoms with Crippen molar-refractivity contribution in [3.63, 3.8) is 0 Å². The zero-order valence-corrected chi connectivity index (χ0v) is 13.5. The van der Waals surface area contributed by atoms with E-state index in [1.165, 1.54) is 0 Å². The molecule has 4 N–H and O–H groups in total. The normalized spacial score (nSPS) is 11.6. The molecule has 0 saturated carbocycles. The van der Waals surface area contributed by atoms with E-state index in [0.717, 1.165) is 0 Å². The third-order valence-corrected chi connectivity index (χ3v) is 3.31. The summed E-state index contributed by atoms with van der Waals surface area (Å²) in [7, 11) is 0. The molecular weight excluding hydrogens is 324 g/mol. The first kappa shape index (κ1) is 18.4. The Hall–Kier alpha value is -2.90. The predicted molar refractivity (Wildman–Crippen MR) is 92.7 cm³/mol. The van der Waals surface area contributed by atoms with Gasteiger partial charge < -0.3 is 25.6 Å². The first-order chi connectivity index (χ1) is 12.1. The molecule has 0 bridgehead atoms. The Morgan fingerprint density at radius 3 is 2.24 bits per heavy atom. The van der Waals surface area contributed by atoms with Gasteiger partial charge in [-0.3, -0.25) is 9.59 Å². The quantitative estimate of drug-likeness (QED) is 0.553. The molecule has 2 rings (SSSR count). The number of carboxylic acid groups (broad SMARTS) is 1. The van der Waals surface area contributed by atoms with Crippen molar-refractivity contribution in [3.8, 4) is 11.5 Å². The number of para-hydroxylation sites is 1. The summed E-state index contributed by atoms with van der Waals surface area (Å²) in [6.07, 6.45) is -0.238. The van der Waals surface area contributed by atoms with Gasteiger partial charge in [0, 0.05) is 12.2 Å². The van der Waals surface area contributed by atoms with Crippen molar-refractivity contribution in [2.24, 2.45) is 0 Å². The number of ether oxygens (including phenoxy) is 1. The van der Waals surface area contributed by atoms with Crippen molar-refractivity contribution < 1.29 is 24.5 Å². The number of carboxylic acids is 1. The van der Waals surface area contributed by atoms with Crippen molar-refractivity contribution in [2.45, 2.75) is 12.5 Å². The minimum Gasteiger partial charge on any atom is -0.480 e. The maximum absolute atomic E-state index is 12.0. The second-order valence-electron chi connectivity index (χ2n) is 5.26. The van der Waals surface area contributed by atoms with Gasteiger partial charge in [0.1, 0.15) is 17.5 Å². The van der Waals surface area contributed by atoms with Gasteiger partial charge in [-0.2, -0.15) is 0 Å². The van der Waals surface area contributed by atoms with Crippen molar-refractivity contribution in [2.75, 3.05) is 18.5 Å². The second-order valence-corrected chi connectivity index (χ2v) is 5.26. The molecule has 0 saturated heterocycles. The fourth-order valence-corrected chi connectivity index (χ4v) is 2.11. The lowest BCUT2D eigenvalue weighted by Crippen LogP contribution is -2.41. The number of aliphatic hydroxyl groups is 1. The Bertz CT molecular complexity index is 688. The fourth-order valence-electron chi connectivity index (χ4n) is 2.11. The molecule has 132 valence electrons. The van der Waals surface area contributed by atoms with E-state index in [9.17, 15) is 9.59 Å². The molecule has 1 atom stereocenters. The van der Waals surface area contributed by atoms with Crippen molar-refractivity contribution in [3.05, 3.63) is 54.6 Å². The molecule has 0 radical (unpaired) electrons. The summed E-state index contributed by atoms with van der Waals surface area (Å²) < 4.78 is 5.65. The van der Waals surface area contributed by atoms with Gasteiger partial charge in [-0.15, -0.1) is 0 Å². The summed E-state index contributed by atoms with van der Waals surface area (Å²) in [5.41, 5.74) is 0.539. The number of nitrogens with one attached hydrogen (secondary N) is 2. The summed E-state index contributed by atoms with van der Waals surface area (Å²) >= 11 is 0. The molecule has 0 unspecified atom stereocenters. The molecular formula is C18H20N2O5. The zero-order chi connectivity index (χ0) is 18.1. The average molecular weight is 344 g/mol. The van der Waals surface area contributed by atoms with Crippen LogP contribution in [0.15, 0.2) is 54.6 Å². The standard InChI is InChI=1S/C18H20N2O5/c21-11-10-19-16(18(23)24)12-17(22)20-13-6-8-15(9-7-13)25-14-4-2-1-3-5-14/h1-9,16,19,21H,10-12H2,(H,20,22)(H,23,24)/t16-/m0/s1. The van der Waals surface area contributed by atoms with Crippen LogP contribution in [0, 0.1) is 0 Å². The summed E-state index contributed by atoms with van der Waals surface area (Å²) in [5, 5.41) is 23.0. The van der Waals surface area contributed by atoms with E-state index >= 15 is 0 Å². The van der Waals surface area contributed by atoms with Gasteiger partial charge in [0.05, 0.1) is 13.0 Å². The lowest BCUT2D eigenvalue weighted by molar-refractivity contribution is -0.141. The number of hydrogen-bond acceptors (Lipinski definition) is 5. The van der Waals surface area contributed by atoms with Crippen LogP contribution in [-0.2, 0) is 9.59 Å². The van der Waals surface area contributed by atoms with Gasteiger partial charge in [0.25, 0.3) is 0 Å². The zero-order valence-electron chi connectivity index (χ0n) is 13.5. The molecule has 1 amide bonds. The number of carbonyl (C=O) groups is 2. The molecule has 0 spiro atoms. The van der Waals surface area contributed by atoms with E-state index in [1.807, 2.05) is 30.3 Å². The largest absolute Gasteiger partial charge is 0.480 e. The Labute approximate surface area is 145 Å². The van der Waals surface area contributed by atoms with Crippen molar-refractivity contribution >= 4 is 17.6 Å². The Morgan fingerprint density at radius 1 is 1.00 bits per heavy atom. The van der Waals surface area contributed by atoms with Crippen LogP contribution in [0.4, 0.5) is 5.69 Å². The highest BCUT2D eigenvalue weighted by atomic mass is 16.5. The molecule has 0 aromatic heterocycles. The van der Waals surface area contributed by atoms with E-state index in [1.54, 1.807) is 24.3 Å². The van der Waals surface area contributed by atoms with Crippen LogP contribution >= 0.6 is 0 Å². The first-order valence-electron chi connectivity index (χ1n) is 7.78. The number of anilines is 1. The van der Waals surface area contributed by atoms with Crippen LogP contribution in [0.25, 0.3) is 0 Å². The van der Waals surface area contributed by atoms with Gasteiger partial charge >= 0.3 is 5.97 Å². The Morgan fingerprint density at radius 2 is 1.64 bits per heavy atom. The number of amides is 1. The van der Waals surface area contributed by atoms with Crippen LogP contribution in [0.5, 0.6) is 11.5 Å². The monoisotopic (exact) mass is 344 g/mol. The second kappa shape index (κ2) is 9.41. The third kappa shape index (κ3) is 6.25. The molecule has 7 heteroatoms. The Balaban J connectivity index is 1.89. The number of benzene rings is 2. The van der Waals surface area contributed by atoms with E-state index < -0.39 is 17.9 Å². The first-order valence-corrected chi connectivity index (χ1v) is 7.78. The van der Waals surface area contributed by atoms with Crippen LogP contribution in [0.3, 0.4) is 0 Å². The molecule has 0 aliphatic heterocycles. The molecule has 7 nitrogen and oxygen atoms in total. The highest BCUT2D eigenvalue weighted by Crippen LogP contribution is 2.22. The molecule has 0 heterocycles. The Kier molecular flexibility index (Phi) is 6.94. The third-order valence-electron chi connectivity index (χ3n) is 3.31. The van der Waals surface area contributed by atoms with E-state index in [-0.39, 0.29) is 19.6 Å². The van der Waals surface area contributed by atoms with Gasteiger partial charge in [-0.05, 0) is 36.4 Å². The SMILES string of the molecule is O=C(C[C@H](NCCO)C(=O)O)Nc1ccc(Oc2ccccc2)cc1. The molecule has 2 aromatic rings. The maximum Gasteiger partial charge on any atom is 0.321 e. The lowest BCUT2D eigenvalue weighted by Gasteiger charge is -2.13. The van der Waals surface area contributed by atoms with Gasteiger partial charge in [-0.1, -0.05) is 18.2 Å². The maximum atomic E-state index is 12.0. The predicted octanol–water partition coefficient (Wildman–Crippen LogP) is 1.84. The number of carbonyl (C=O) groups excluding carboxylic acids is 1. The number of aliphatic hydroxyl groups excluding tert-OH is 1. The fraction of sp³-hybridized carbons (Fsp3) is 0.222. The number of rotatable bonds is 9. The van der Waals surface area contributed by atoms with Crippen molar-refractivity contribution in [1.29, 1.82) is 0 Å². The highest BCUT2D eigenvalue weighted by Gasteiger charge is 2.20. The van der Waals surface area contributed by atoms with Gasteiger partial charge in [0.15, 0.2) is 0 Å². The number of hydrogen-bond donors (Lipinski definition) is 4. The smallest absolute Gasteiger partial charge is 0.321 e. The summed E-state index contributed by atoms with van der Waals surface area (Å²) in [5.74, 6) is -0.249.